The van der Waals surface area contributed by atoms with Crippen LogP contribution < -0.4 is 0 Å². The Hall–Kier alpha value is -0.170. The Morgan fingerprint density at radius 1 is 1.15 bits per heavy atom. The molecule has 0 aromatic rings. The maximum Gasteiger partial charge on any atom is 0.428 e. The molecular weight excluding hydrogens is 310 g/mol. The molecule has 1 aliphatic rings. The molecule has 3 atom stereocenters. The minimum absolute atomic E-state index is 0.128. The van der Waals surface area contributed by atoms with Gasteiger partial charge in [0, 0.05) is 19.4 Å². The van der Waals surface area contributed by atoms with Gasteiger partial charge >= 0.3 is 6.18 Å². The first kappa shape index (κ1) is 17.9. The summed E-state index contributed by atoms with van der Waals surface area (Å²) < 4.78 is 83.4. The van der Waals surface area contributed by atoms with Gasteiger partial charge in [-0.2, -0.15) is 13.2 Å². The van der Waals surface area contributed by atoms with E-state index in [0.29, 0.717) is 6.42 Å². The molecule has 1 nitrogen and oxygen atoms in total. The predicted molar refractivity (Wildman–Crippen MR) is 63.0 cm³/mol. The van der Waals surface area contributed by atoms with Gasteiger partial charge in [0.2, 0.25) is 0 Å². The number of hydrogen-bond donors (Lipinski definition) is 0. The molecule has 0 radical (unpaired) electrons. The number of alkyl halides is 7. The molecule has 1 aliphatic carbocycles. The smallest absolute Gasteiger partial charge is 0.376 e. The zero-order chi connectivity index (χ0) is 15.6. The van der Waals surface area contributed by atoms with Crippen LogP contribution in [0.2, 0.25) is 0 Å². The second kappa shape index (κ2) is 6.30. The normalized spacial score (nSPS) is 34.2. The average molecular weight is 327 g/mol. The SMILES string of the molecule is CCCCCO[C@H]1CC(F)(F)[C@](F)(C(F)(F)F)C[C@@H]1Cl. The van der Waals surface area contributed by atoms with Crippen LogP contribution in [0.3, 0.4) is 0 Å². The Morgan fingerprint density at radius 2 is 1.75 bits per heavy atom. The third kappa shape index (κ3) is 3.53. The van der Waals surface area contributed by atoms with E-state index in [1.165, 1.54) is 0 Å². The second-order valence-corrected chi connectivity index (χ2v) is 5.60. The van der Waals surface area contributed by atoms with Crippen LogP contribution in [0, 0.1) is 0 Å². The summed E-state index contributed by atoms with van der Waals surface area (Å²) in [6.07, 6.45) is -7.48. The molecule has 0 spiro atoms. The highest BCUT2D eigenvalue weighted by atomic mass is 35.5. The Bertz CT molecular complexity index is 322. The van der Waals surface area contributed by atoms with Gasteiger partial charge in [0.05, 0.1) is 11.5 Å². The van der Waals surface area contributed by atoms with Gasteiger partial charge in [-0.15, -0.1) is 11.6 Å². The van der Waals surface area contributed by atoms with Gasteiger partial charge in [0.1, 0.15) is 0 Å². The van der Waals surface area contributed by atoms with Crippen molar-refractivity contribution in [3.63, 3.8) is 0 Å². The Labute approximate surface area is 118 Å². The van der Waals surface area contributed by atoms with Crippen molar-refractivity contribution in [2.24, 2.45) is 0 Å². The van der Waals surface area contributed by atoms with Gasteiger partial charge in [0.25, 0.3) is 11.6 Å². The first-order chi connectivity index (χ1) is 9.05. The van der Waals surface area contributed by atoms with E-state index < -0.39 is 42.1 Å². The molecule has 0 unspecified atom stereocenters. The molecule has 0 aromatic carbocycles. The minimum atomic E-state index is -5.66. The quantitative estimate of drug-likeness (QED) is 0.398. The highest BCUT2D eigenvalue weighted by Gasteiger charge is 2.74. The van der Waals surface area contributed by atoms with Crippen LogP contribution in [0.5, 0.6) is 0 Å². The Morgan fingerprint density at radius 3 is 2.25 bits per heavy atom. The van der Waals surface area contributed by atoms with E-state index in [9.17, 15) is 26.3 Å². The van der Waals surface area contributed by atoms with Crippen molar-refractivity contribution in [3.8, 4) is 0 Å². The van der Waals surface area contributed by atoms with Crippen molar-refractivity contribution in [3.05, 3.63) is 0 Å². The number of halogens is 7. The topological polar surface area (TPSA) is 9.23 Å². The highest BCUT2D eigenvalue weighted by Crippen LogP contribution is 2.54. The molecule has 1 fully saturated rings. The molecular formula is C12H17ClF6O. The van der Waals surface area contributed by atoms with Crippen molar-refractivity contribution in [1.82, 2.24) is 0 Å². The van der Waals surface area contributed by atoms with Crippen LogP contribution in [-0.2, 0) is 4.74 Å². The summed E-state index contributed by atoms with van der Waals surface area (Å²) in [6, 6.07) is 0. The molecule has 1 rings (SSSR count). The van der Waals surface area contributed by atoms with E-state index in [4.69, 9.17) is 16.3 Å². The molecule has 8 heteroatoms. The van der Waals surface area contributed by atoms with Gasteiger partial charge in [-0.25, -0.2) is 13.2 Å². The Balaban J connectivity index is 2.72. The van der Waals surface area contributed by atoms with Crippen LogP contribution in [-0.4, -0.2) is 35.9 Å². The highest BCUT2D eigenvalue weighted by molar-refractivity contribution is 6.21. The van der Waals surface area contributed by atoms with E-state index in [2.05, 4.69) is 0 Å². The summed E-state index contributed by atoms with van der Waals surface area (Å²) in [5.41, 5.74) is -4.59. The fourth-order valence-electron chi connectivity index (χ4n) is 2.16. The van der Waals surface area contributed by atoms with Gasteiger partial charge in [-0.1, -0.05) is 19.8 Å². The summed E-state index contributed by atoms with van der Waals surface area (Å²) >= 11 is 5.61. The monoisotopic (exact) mass is 326 g/mol. The lowest BCUT2D eigenvalue weighted by Gasteiger charge is -2.43. The summed E-state index contributed by atoms with van der Waals surface area (Å²) in [7, 11) is 0. The van der Waals surface area contributed by atoms with Crippen LogP contribution in [0.15, 0.2) is 0 Å². The fraction of sp³-hybridized carbons (Fsp3) is 1.00. The lowest BCUT2D eigenvalue weighted by atomic mass is 9.80. The summed E-state index contributed by atoms with van der Waals surface area (Å²) in [6.45, 7) is 2.06. The van der Waals surface area contributed by atoms with E-state index in [1.807, 2.05) is 6.92 Å². The van der Waals surface area contributed by atoms with Gasteiger partial charge in [0.15, 0.2) is 0 Å². The van der Waals surface area contributed by atoms with Crippen molar-refractivity contribution < 1.29 is 31.1 Å². The zero-order valence-electron chi connectivity index (χ0n) is 11.0. The number of hydrogen-bond acceptors (Lipinski definition) is 1. The molecule has 0 N–H and O–H groups in total. The molecule has 0 saturated heterocycles. The Kier molecular flexibility index (Phi) is 5.63. The summed E-state index contributed by atoms with van der Waals surface area (Å²) in [4.78, 5) is 0. The van der Waals surface area contributed by atoms with Crippen molar-refractivity contribution in [2.75, 3.05) is 6.61 Å². The molecule has 1 saturated carbocycles. The second-order valence-electron chi connectivity index (χ2n) is 5.04. The largest absolute Gasteiger partial charge is 0.428 e. The molecule has 0 amide bonds. The molecule has 120 valence electrons. The number of ether oxygens (including phenoxy) is 1. The van der Waals surface area contributed by atoms with Gasteiger partial charge in [-0.05, 0) is 6.42 Å². The fourth-order valence-corrected chi connectivity index (χ4v) is 2.54. The van der Waals surface area contributed by atoms with Gasteiger partial charge in [-0.3, -0.25) is 0 Å². The third-order valence-corrected chi connectivity index (χ3v) is 3.88. The van der Waals surface area contributed by atoms with E-state index in [-0.39, 0.29) is 6.61 Å². The number of rotatable bonds is 5. The molecule has 0 bridgehead atoms. The first-order valence-corrected chi connectivity index (χ1v) is 6.88. The maximum atomic E-state index is 13.7. The zero-order valence-corrected chi connectivity index (χ0v) is 11.7. The summed E-state index contributed by atoms with van der Waals surface area (Å²) in [5, 5.41) is -1.43. The van der Waals surface area contributed by atoms with E-state index in [1.54, 1.807) is 0 Å². The molecule has 0 heterocycles. The standard InChI is InChI=1S/C12H17ClF6O/c1-2-3-4-5-20-9-7-11(15,16)10(14,6-8(9)13)12(17,18)19/h8-9H,2-7H2,1H3/t8-,9-,10-/m0/s1. The molecule has 0 aromatic heterocycles. The van der Waals surface area contributed by atoms with Gasteiger partial charge < -0.3 is 4.74 Å². The van der Waals surface area contributed by atoms with E-state index >= 15 is 0 Å². The minimum Gasteiger partial charge on any atom is -0.376 e. The van der Waals surface area contributed by atoms with Crippen molar-refractivity contribution >= 4 is 11.6 Å². The van der Waals surface area contributed by atoms with Crippen LogP contribution in [0.25, 0.3) is 0 Å². The lowest BCUT2D eigenvalue weighted by Crippen LogP contribution is -2.62. The van der Waals surface area contributed by atoms with Crippen LogP contribution in [0.4, 0.5) is 26.3 Å². The predicted octanol–water partition coefficient (Wildman–Crippen LogP) is 4.87. The van der Waals surface area contributed by atoms with Crippen LogP contribution >= 0.6 is 11.6 Å². The summed E-state index contributed by atoms with van der Waals surface area (Å²) in [5.74, 6) is -4.54. The van der Waals surface area contributed by atoms with E-state index in [0.717, 1.165) is 12.8 Å². The molecule has 20 heavy (non-hydrogen) atoms. The third-order valence-electron chi connectivity index (χ3n) is 3.45. The van der Waals surface area contributed by atoms with Crippen LogP contribution in [0.1, 0.15) is 39.0 Å². The van der Waals surface area contributed by atoms with Crippen molar-refractivity contribution in [1.29, 1.82) is 0 Å². The lowest BCUT2D eigenvalue weighted by molar-refractivity contribution is -0.321. The van der Waals surface area contributed by atoms with Crippen molar-refractivity contribution in [2.45, 2.75) is 68.3 Å². The average Bonchev–Trinajstić information content (AvgIpc) is 2.29. The molecule has 0 aliphatic heterocycles. The first-order valence-electron chi connectivity index (χ1n) is 6.44. The maximum absolute atomic E-state index is 13.7. The number of unbranched alkanes of at least 4 members (excludes halogenated alkanes) is 2.